The largest absolute Gasteiger partial charge is 0.494 e. The van der Waals surface area contributed by atoms with Gasteiger partial charge in [-0.2, -0.15) is 10.2 Å². The maximum Gasteiger partial charge on any atom is 0.294 e. The van der Waals surface area contributed by atoms with Crippen LogP contribution in [-0.4, -0.2) is 45.3 Å². The second-order valence-electron chi connectivity index (χ2n) is 7.87. The molecule has 9 heteroatoms. The number of carbonyl (C=O) groups is 1. The standard InChI is InChI=1S/C27H28N4O5/c1-6-36-20-11-8-17(9-12-20)21-15-19(10-7-16(21)2)28-30-25-24(29-31-27(25)32)18-13-22(33-3)26(35-5)23(14-18)34-4/h7-15,28H,6H2,1-5H3,(H,30,31,32). The van der Waals surface area contributed by atoms with E-state index in [9.17, 15) is 4.79 Å². The highest BCUT2D eigenvalue weighted by molar-refractivity contribution is 6.72. The Morgan fingerprint density at radius 1 is 0.917 bits per heavy atom. The maximum atomic E-state index is 12.5. The molecule has 4 rings (SSSR count). The van der Waals surface area contributed by atoms with Crippen LogP contribution in [-0.2, 0) is 4.79 Å². The van der Waals surface area contributed by atoms with Gasteiger partial charge in [0, 0.05) is 5.56 Å². The first-order valence-corrected chi connectivity index (χ1v) is 11.3. The number of aryl methyl sites for hydroxylation is 1. The SMILES string of the molecule is CCOc1ccc(-c2cc(N/N=C3/C(=O)NN=C3c3cc(OC)c(OC)c(OC)c3)ccc2C)cc1. The lowest BCUT2D eigenvalue weighted by molar-refractivity contribution is -0.114. The molecule has 0 aliphatic carbocycles. The number of benzene rings is 3. The Balaban J connectivity index is 1.63. The number of nitrogens with one attached hydrogen (secondary N) is 2. The number of nitrogens with zero attached hydrogens (tertiary/aromatic N) is 2. The van der Waals surface area contributed by atoms with E-state index in [1.807, 2.05) is 56.3 Å². The quantitative estimate of drug-likeness (QED) is 0.433. The minimum atomic E-state index is -0.426. The summed E-state index contributed by atoms with van der Waals surface area (Å²) >= 11 is 0. The first-order chi connectivity index (χ1) is 17.5. The second kappa shape index (κ2) is 10.8. The molecule has 3 aromatic carbocycles. The third kappa shape index (κ3) is 4.95. The van der Waals surface area contributed by atoms with Gasteiger partial charge in [0.25, 0.3) is 5.91 Å². The molecule has 0 saturated heterocycles. The fourth-order valence-corrected chi connectivity index (χ4v) is 3.86. The molecule has 0 spiro atoms. The van der Waals surface area contributed by atoms with Crippen molar-refractivity contribution in [3.05, 3.63) is 65.7 Å². The molecular weight excluding hydrogens is 460 g/mol. The van der Waals surface area contributed by atoms with Gasteiger partial charge in [0.2, 0.25) is 5.75 Å². The average molecular weight is 489 g/mol. The number of hydrogen-bond acceptors (Lipinski definition) is 8. The molecule has 1 heterocycles. The Kier molecular flexibility index (Phi) is 7.39. The summed E-state index contributed by atoms with van der Waals surface area (Å²) in [4.78, 5) is 12.5. The van der Waals surface area contributed by atoms with Crippen molar-refractivity contribution in [1.29, 1.82) is 0 Å². The van der Waals surface area contributed by atoms with E-state index >= 15 is 0 Å². The van der Waals surface area contributed by atoms with Gasteiger partial charge in [-0.15, -0.1) is 0 Å². The molecule has 2 N–H and O–H groups in total. The molecule has 1 amide bonds. The molecule has 1 aliphatic rings. The molecular formula is C27H28N4O5. The first-order valence-electron chi connectivity index (χ1n) is 11.3. The van der Waals surface area contributed by atoms with E-state index in [1.165, 1.54) is 21.3 Å². The third-order valence-corrected chi connectivity index (χ3v) is 5.66. The van der Waals surface area contributed by atoms with E-state index in [-0.39, 0.29) is 5.71 Å². The van der Waals surface area contributed by atoms with Crippen LogP contribution in [0, 0.1) is 6.92 Å². The van der Waals surface area contributed by atoms with Crippen molar-refractivity contribution >= 4 is 23.0 Å². The molecule has 186 valence electrons. The minimum absolute atomic E-state index is 0.132. The van der Waals surface area contributed by atoms with Crippen molar-refractivity contribution in [2.45, 2.75) is 13.8 Å². The Morgan fingerprint density at radius 2 is 1.61 bits per heavy atom. The average Bonchev–Trinajstić information content (AvgIpc) is 3.28. The van der Waals surface area contributed by atoms with Gasteiger partial charge < -0.3 is 18.9 Å². The lowest BCUT2D eigenvalue weighted by atomic mass is 10.00. The number of hydrazone groups is 2. The van der Waals surface area contributed by atoms with E-state index < -0.39 is 5.91 Å². The summed E-state index contributed by atoms with van der Waals surface area (Å²) in [5, 5.41) is 8.55. The zero-order chi connectivity index (χ0) is 25.7. The van der Waals surface area contributed by atoms with Gasteiger partial charge in [-0.25, -0.2) is 5.43 Å². The van der Waals surface area contributed by atoms with Crippen LogP contribution in [0.25, 0.3) is 11.1 Å². The van der Waals surface area contributed by atoms with Gasteiger partial charge in [-0.1, -0.05) is 18.2 Å². The Bertz CT molecular complexity index is 1310. The van der Waals surface area contributed by atoms with Gasteiger partial charge >= 0.3 is 0 Å². The smallest absolute Gasteiger partial charge is 0.294 e. The highest BCUT2D eigenvalue weighted by Crippen LogP contribution is 2.38. The lowest BCUT2D eigenvalue weighted by Gasteiger charge is -2.14. The molecule has 36 heavy (non-hydrogen) atoms. The molecule has 0 atom stereocenters. The van der Waals surface area contributed by atoms with Gasteiger partial charge in [-0.3, -0.25) is 10.2 Å². The zero-order valence-corrected chi connectivity index (χ0v) is 20.8. The summed E-state index contributed by atoms with van der Waals surface area (Å²) in [5.74, 6) is 1.73. The minimum Gasteiger partial charge on any atom is -0.494 e. The molecule has 0 saturated carbocycles. The maximum absolute atomic E-state index is 12.5. The monoisotopic (exact) mass is 488 g/mol. The summed E-state index contributed by atoms with van der Waals surface area (Å²) in [6.07, 6.45) is 0. The van der Waals surface area contributed by atoms with Crippen LogP contribution in [0.5, 0.6) is 23.0 Å². The number of ether oxygens (including phenoxy) is 4. The fraction of sp³-hybridized carbons (Fsp3) is 0.222. The van der Waals surface area contributed by atoms with Gasteiger partial charge in [-0.05, 0) is 66.9 Å². The van der Waals surface area contributed by atoms with E-state index in [2.05, 4.69) is 21.1 Å². The van der Waals surface area contributed by atoms with Crippen molar-refractivity contribution in [2.75, 3.05) is 33.4 Å². The molecule has 0 bridgehead atoms. The highest BCUT2D eigenvalue weighted by Gasteiger charge is 2.28. The van der Waals surface area contributed by atoms with Crippen LogP contribution >= 0.6 is 0 Å². The Labute approximate surface area is 209 Å². The predicted octanol–water partition coefficient (Wildman–Crippen LogP) is 4.39. The Morgan fingerprint density at radius 3 is 2.22 bits per heavy atom. The number of anilines is 1. The summed E-state index contributed by atoms with van der Waals surface area (Å²) in [5.41, 5.74) is 10.5. The van der Waals surface area contributed by atoms with Crippen LogP contribution in [0.4, 0.5) is 5.69 Å². The fourth-order valence-electron chi connectivity index (χ4n) is 3.86. The summed E-state index contributed by atoms with van der Waals surface area (Å²) in [7, 11) is 4.58. The van der Waals surface area contributed by atoms with Crippen molar-refractivity contribution in [3.8, 4) is 34.1 Å². The number of amides is 1. The van der Waals surface area contributed by atoms with Crippen LogP contribution < -0.4 is 29.8 Å². The molecule has 9 nitrogen and oxygen atoms in total. The summed E-state index contributed by atoms with van der Waals surface area (Å²) in [6.45, 7) is 4.62. The van der Waals surface area contributed by atoms with Gasteiger partial charge in [0.05, 0.1) is 33.6 Å². The van der Waals surface area contributed by atoms with Crippen LogP contribution in [0.15, 0.2) is 64.8 Å². The number of hydrogen-bond donors (Lipinski definition) is 2. The van der Waals surface area contributed by atoms with Crippen LogP contribution in [0.2, 0.25) is 0 Å². The molecule has 0 unspecified atom stereocenters. The molecule has 0 aromatic heterocycles. The van der Waals surface area contributed by atoms with E-state index in [0.717, 1.165) is 28.1 Å². The number of rotatable bonds is 9. The first kappa shape index (κ1) is 24.6. The van der Waals surface area contributed by atoms with Gasteiger partial charge in [0.15, 0.2) is 17.2 Å². The highest BCUT2D eigenvalue weighted by atomic mass is 16.5. The predicted molar refractivity (Wildman–Crippen MR) is 140 cm³/mol. The molecule has 1 aliphatic heterocycles. The van der Waals surface area contributed by atoms with Crippen molar-refractivity contribution in [1.82, 2.24) is 5.43 Å². The van der Waals surface area contributed by atoms with Crippen molar-refractivity contribution in [3.63, 3.8) is 0 Å². The third-order valence-electron chi connectivity index (χ3n) is 5.66. The molecule has 0 radical (unpaired) electrons. The Hall–Kier alpha value is -4.53. The van der Waals surface area contributed by atoms with Gasteiger partial charge in [0.1, 0.15) is 11.5 Å². The zero-order valence-electron chi connectivity index (χ0n) is 20.8. The van der Waals surface area contributed by atoms with E-state index in [1.54, 1.807) is 12.1 Å². The van der Waals surface area contributed by atoms with E-state index in [0.29, 0.717) is 35.1 Å². The second-order valence-corrected chi connectivity index (χ2v) is 7.87. The van der Waals surface area contributed by atoms with Crippen LogP contribution in [0.1, 0.15) is 18.1 Å². The lowest BCUT2D eigenvalue weighted by Crippen LogP contribution is -2.25. The van der Waals surface area contributed by atoms with Crippen molar-refractivity contribution < 1.29 is 23.7 Å². The molecule has 3 aromatic rings. The number of methoxy groups -OCH3 is 3. The summed E-state index contributed by atoms with van der Waals surface area (Å²) in [6, 6.07) is 17.2. The summed E-state index contributed by atoms with van der Waals surface area (Å²) < 4.78 is 21.8. The molecule has 0 fully saturated rings. The van der Waals surface area contributed by atoms with Crippen molar-refractivity contribution in [2.24, 2.45) is 10.2 Å². The van der Waals surface area contributed by atoms with Crippen LogP contribution in [0.3, 0.4) is 0 Å². The normalized spacial score (nSPS) is 13.8. The van der Waals surface area contributed by atoms with E-state index in [4.69, 9.17) is 18.9 Å². The number of carbonyl (C=O) groups excluding carboxylic acids is 1. The topological polar surface area (TPSA) is 103 Å².